The van der Waals surface area contributed by atoms with Crippen LogP contribution in [-0.2, 0) is 0 Å². The molecule has 0 fully saturated rings. The first kappa shape index (κ1) is 14.9. The second-order valence-corrected chi connectivity index (χ2v) is 5.66. The number of hydrogen-bond acceptors (Lipinski definition) is 2. The smallest absolute Gasteiger partial charge is 0.101 e. The van der Waals surface area contributed by atoms with Crippen LogP contribution >= 0.6 is 0 Å². The standard InChI is InChI=1S/C18H25NO/c1-7-19-18(16-9-13(4)20-10-16)17-14(5)11(2)8-12(3)15(17)6/h8-10,18-19H,7H2,1-6H3. The largest absolute Gasteiger partial charge is 0.469 e. The maximum atomic E-state index is 5.51. The highest BCUT2D eigenvalue weighted by molar-refractivity contribution is 5.48. The molecule has 0 radical (unpaired) electrons. The summed E-state index contributed by atoms with van der Waals surface area (Å²) in [5, 5.41) is 3.60. The molecule has 108 valence electrons. The van der Waals surface area contributed by atoms with Crippen LogP contribution in [0.2, 0.25) is 0 Å². The monoisotopic (exact) mass is 271 g/mol. The Balaban J connectivity index is 2.60. The van der Waals surface area contributed by atoms with Crippen molar-refractivity contribution < 1.29 is 4.42 Å². The van der Waals surface area contributed by atoms with E-state index in [-0.39, 0.29) is 6.04 Å². The molecule has 2 rings (SSSR count). The second-order valence-electron chi connectivity index (χ2n) is 5.66. The van der Waals surface area contributed by atoms with Crippen molar-refractivity contribution in [2.75, 3.05) is 6.54 Å². The van der Waals surface area contributed by atoms with E-state index >= 15 is 0 Å². The molecule has 0 aliphatic carbocycles. The van der Waals surface area contributed by atoms with Gasteiger partial charge in [-0.25, -0.2) is 0 Å². The highest BCUT2D eigenvalue weighted by Crippen LogP contribution is 2.32. The highest BCUT2D eigenvalue weighted by Gasteiger charge is 2.21. The minimum Gasteiger partial charge on any atom is -0.469 e. The van der Waals surface area contributed by atoms with Crippen molar-refractivity contribution in [1.29, 1.82) is 0 Å². The molecule has 2 nitrogen and oxygen atoms in total. The van der Waals surface area contributed by atoms with Crippen LogP contribution in [0.5, 0.6) is 0 Å². The summed E-state index contributed by atoms with van der Waals surface area (Å²) in [4.78, 5) is 0. The van der Waals surface area contributed by atoms with Crippen LogP contribution < -0.4 is 5.32 Å². The van der Waals surface area contributed by atoms with Crippen molar-refractivity contribution in [3.05, 3.63) is 57.5 Å². The Morgan fingerprint density at radius 3 is 2.05 bits per heavy atom. The molecule has 2 heteroatoms. The lowest BCUT2D eigenvalue weighted by atomic mass is 9.87. The molecule has 0 aliphatic rings. The number of nitrogens with one attached hydrogen (secondary N) is 1. The Morgan fingerprint density at radius 1 is 1.00 bits per heavy atom. The quantitative estimate of drug-likeness (QED) is 0.884. The van der Waals surface area contributed by atoms with E-state index in [9.17, 15) is 0 Å². The zero-order chi connectivity index (χ0) is 14.9. The van der Waals surface area contributed by atoms with E-state index < -0.39 is 0 Å². The summed E-state index contributed by atoms with van der Waals surface area (Å²) in [6.07, 6.45) is 1.87. The zero-order valence-corrected chi connectivity index (χ0v) is 13.4. The van der Waals surface area contributed by atoms with Crippen LogP contribution in [-0.4, -0.2) is 6.54 Å². The van der Waals surface area contributed by atoms with Gasteiger partial charge < -0.3 is 9.73 Å². The minimum atomic E-state index is 0.205. The molecule has 2 aromatic rings. The summed E-state index contributed by atoms with van der Waals surface area (Å²) < 4.78 is 5.51. The van der Waals surface area contributed by atoms with E-state index in [1.54, 1.807) is 0 Å². The van der Waals surface area contributed by atoms with Gasteiger partial charge in [0.2, 0.25) is 0 Å². The Kier molecular flexibility index (Phi) is 4.34. The van der Waals surface area contributed by atoms with Gasteiger partial charge in [-0.05, 0) is 75.0 Å². The van der Waals surface area contributed by atoms with Crippen molar-refractivity contribution >= 4 is 0 Å². The lowest BCUT2D eigenvalue weighted by molar-refractivity contribution is 0.525. The molecule has 1 aromatic heterocycles. The number of benzene rings is 1. The number of furan rings is 1. The Morgan fingerprint density at radius 2 is 1.60 bits per heavy atom. The third-order valence-corrected chi connectivity index (χ3v) is 4.21. The van der Waals surface area contributed by atoms with Crippen molar-refractivity contribution in [2.24, 2.45) is 0 Å². The molecule has 1 unspecified atom stereocenters. The predicted octanol–water partition coefficient (Wildman–Crippen LogP) is 4.52. The molecular weight excluding hydrogens is 246 g/mol. The summed E-state index contributed by atoms with van der Waals surface area (Å²) >= 11 is 0. The minimum absolute atomic E-state index is 0.205. The molecule has 0 bridgehead atoms. The third-order valence-electron chi connectivity index (χ3n) is 4.21. The van der Waals surface area contributed by atoms with Crippen LogP contribution in [0.3, 0.4) is 0 Å². The Hall–Kier alpha value is -1.54. The summed E-state index contributed by atoms with van der Waals surface area (Å²) in [6.45, 7) is 13.9. The molecule has 0 saturated heterocycles. The molecule has 1 N–H and O–H groups in total. The maximum Gasteiger partial charge on any atom is 0.101 e. The van der Waals surface area contributed by atoms with Crippen molar-refractivity contribution in [3.8, 4) is 0 Å². The number of rotatable bonds is 4. The molecule has 0 saturated carbocycles. The number of hydrogen-bond donors (Lipinski definition) is 1. The van der Waals surface area contributed by atoms with E-state index in [4.69, 9.17) is 4.42 Å². The predicted molar refractivity (Wildman–Crippen MR) is 84.4 cm³/mol. The summed E-state index contributed by atoms with van der Waals surface area (Å²) in [5.41, 5.74) is 8.05. The molecule has 20 heavy (non-hydrogen) atoms. The molecular formula is C18H25NO. The second kappa shape index (κ2) is 5.84. The van der Waals surface area contributed by atoms with E-state index in [0.717, 1.165) is 12.3 Å². The van der Waals surface area contributed by atoms with Crippen molar-refractivity contribution in [1.82, 2.24) is 5.32 Å². The van der Waals surface area contributed by atoms with Gasteiger partial charge in [0.15, 0.2) is 0 Å². The van der Waals surface area contributed by atoms with E-state index in [1.165, 1.54) is 33.4 Å². The zero-order valence-electron chi connectivity index (χ0n) is 13.4. The molecule has 0 amide bonds. The van der Waals surface area contributed by atoms with Gasteiger partial charge in [-0.3, -0.25) is 0 Å². The van der Waals surface area contributed by atoms with Gasteiger partial charge >= 0.3 is 0 Å². The molecule has 0 spiro atoms. The summed E-state index contributed by atoms with van der Waals surface area (Å²) in [7, 11) is 0. The van der Waals surface area contributed by atoms with Gasteiger partial charge in [0, 0.05) is 5.56 Å². The number of aryl methyl sites for hydroxylation is 3. The van der Waals surface area contributed by atoms with Gasteiger partial charge in [-0.2, -0.15) is 0 Å². The van der Waals surface area contributed by atoms with Crippen molar-refractivity contribution in [3.63, 3.8) is 0 Å². The first-order chi connectivity index (χ1) is 9.45. The van der Waals surface area contributed by atoms with E-state index in [0.29, 0.717) is 0 Å². The maximum absolute atomic E-state index is 5.51. The molecule has 1 heterocycles. The average Bonchev–Trinajstić information content (AvgIpc) is 2.82. The van der Waals surface area contributed by atoms with Crippen LogP contribution in [0, 0.1) is 34.6 Å². The van der Waals surface area contributed by atoms with Crippen LogP contribution in [0.4, 0.5) is 0 Å². The topological polar surface area (TPSA) is 25.2 Å². The van der Waals surface area contributed by atoms with Gasteiger partial charge in [0.1, 0.15) is 5.76 Å². The van der Waals surface area contributed by atoms with Gasteiger partial charge in [-0.1, -0.05) is 13.0 Å². The fourth-order valence-electron chi connectivity index (χ4n) is 2.89. The van der Waals surface area contributed by atoms with Crippen molar-refractivity contribution in [2.45, 2.75) is 47.6 Å². The van der Waals surface area contributed by atoms with Crippen LogP contribution in [0.1, 0.15) is 52.1 Å². The summed E-state index contributed by atoms with van der Waals surface area (Å²) in [5.74, 6) is 0.961. The van der Waals surface area contributed by atoms with Crippen LogP contribution in [0.15, 0.2) is 22.8 Å². The average molecular weight is 271 g/mol. The third kappa shape index (κ3) is 2.66. The van der Waals surface area contributed by atoms with Gasteiger partial charge in [0.05, 0.1) is 12.3 Å². The molecule has 0 aliphatic heterocycles. The van der Waals surface area contributed by atoms with Gasteiger partial charge in [0.25, 0.3) is 0 Å². The van der Waals surface area contributed by atoms with Crippen LogP contribution in [0.25, 0.3) is 0 Å². The fourth-order valence-corrected chi connectivity index (χ4v) is 2.89. The SMILES string of the molecule is CCNC(c1coc(C)c1)c1c(C)c(C)cc(C)c1C. The summed E-state index contributed by atoms with van der Waals surface area (Å²) in [6, 6.07) is 4.61. The normalized spacial score (nSPS) is 12.7. The Bertz CT molecular complexity index is 584. The first-order valence-electron chi connectivity index (χ1n) is 7.31. The van der Waals surface area contributed by atoms with E-state index in [1.807, 2.05) is 13.2 Å². The molecule has 1 atom stereocenters. The Labute approximate surface area is 122 Å². The lowest BCUT2D eigenvalue weighted by Gasteiger charge is -2.24. The van der Waals surface area contributed by atoms with E-state index in [2.05, 4.69) is 52.1 Å². The molecule has 1 aromatic carbocycles. The lowest BCUT2D eigenvalue weighted by Crippen LogP contribution is -2.24. The fraction of sp³-hybridized carbons (Fsp3) is 0.444. The first-order valence-corrected chi connectivity index (χ1v) is 7.31. The van der Waals surface area contributed by atoms with Gasteiger partial charge in [-0.15, -0.1) is 0 Å². The highest BCUT2D eigenvalue weighted by atomic mass is 16.3.